The van der Waals surface area contributed by atoms with Gasteiger partial charge in [-0.1, -0.05) is 12.1 Å². The van der Waals surface area contributed by atoms with E-state index in [1.54, 1.807) is 13.0 Å². The van der Waals surface area contributed by atoms with Crippen molar-refractivity contribution in [2.24, 2.45) is 0 Å². The fraction of sp³-hybridized carbons (Fsp3) is 0.176. The Morgan fingerprint density at radius 1 is 1.24 bits per heavy atom. The van der Waals surface area contributed by atoms with Gasteiger partial charge in [0.05, 0.1) is 17.0 Å². The minimum atomic E-state index is -0.887. The fourth-order valence-electron chi connectivity index (χ4n) is 2.83. The molecule has 1 fully saturated rings. The van der Waals surface area contributed by atoms with Gasteiger partial charge in [-0.2, -0.15) is 0 Å². The topological polar surface area (TPSA) is 113 Å². The summed E-state index contributed by atoms with van der Waals surface area (Å²) in [4.78, 5) is 36.5. The maximum atomic E-state index is 12.6. The third-order valence-corrected chi connectivity index (χ3v) is 4.00. The van der Waals surface area contributed by atoms with Gasteiger partial charge in [0, 0.05) is 6.07 Å². The number of para-hydroxylation sites is 2. The molecule has 2 N–H and O–H groups in total. The van der Waals surface area contributed by atoms with E-state index in [-0.39, 0.29) is 23.5 Å². The summed E-state index contributed by atoms with van der Waals surface area (Å²) >= 11 is 0. The number of anilines is 2. The first-order chi connectivity index (χ1) is 11.9. The molecule has 2 aromatic carbocycles. The SMILES string of the molecule is Cc1cc(O)ccc1N1C(=O)CC(Nc2ccccc2[N+](=O)[O-])C1=O. The first kappa shape index (κ1) is 16.4. The molecule has 1 atom stereocenters. The largest absolute Gasteiger partial charge is 0.508 e. The van der Waals surface area contributed by atoms with Crippen molar-refractivity contribution in [2.75, 3.05) is 10.2 Å². The highest BCUT2D eigenvalue weighted by molar-refractivity contribution is 6.23. The van der Waals surface area contributed by atoms with Crippen LogP contribution in [0.5, 0.6) is 5.75 Å². The lowest BCUT2D eigenvalue weighted by Gasteiger charge is -2.18. The minimum absolute atomic E-state index is 0.0370. The molecule has 0 bridgehead atoms. The first-order valence-electron chi connectivity index (χ1n) is 7.55. The van der Waals surface area contributed by atoms with E-state index in [0.717, 1.165) is 4.90 Å². The van der Waals surface area contributed by atoms with E-state index in [1.165, 1.54) is 36.4 Å². The molecule has 2 aromatic rings. The number of hydrogen-bond acceptors (Lipinski definition) is 6. The quantitative estimate of drug-likeness (QED) is 0.501. The van der Waals surface area contributed by atoms with Gasteiger partial charge in [-0.3, -0.25) is 19.7 Å². The van der Waals surface area contributed by atoms with Crippen molar-refractivity contribution >= 4 is 28.9 Å². The zero-order chi connectivity index (χ0) is 18.1. The molecule has 2 amide bonds. The second kappa shape index (κ2) is 6.23. The van der Waals surface area contributed by atoms with Crippen LogP contribution in [0.3, 0.4) is 0 Å². The number of benzene rings is 2. The fourth-order valence-corrected chi connectivity index (χ4v) is 2.83. The van der Waals surface area contributed by atoms with Crippen molar-refractivity contribution in [3.8, 4) is 5.75 Å². The van der Waals surface area contributed by atoms with Crippen LogP contribution in [0.1, 0.15) is 12.0 Å². The van der Waals surface area contributed by atoms with Crippen LogP contribution in [0.25, 0.3) is 0 Å². The predicted molar refractivity (Wildman–Crippen MR) is 90.5 cm³/mol. The molecule has 1 saturated heterocycles. The number of aryl methyl sites for hydroxylation is 1. The maximum absolute atomic E-state index is 12.6. The zero-order valence-electron chi connectivity index (χ0n) is 13.3. The van der Waals surface area contributed by atoms with Crippen LogP contribution >= 0.6 is 0 Å². The Morgan fingerprint density at radius 3 is 2.64 bits per heavy atom. The molecule has 3 rings (SSSR count). The lowest BCUT2D eigenvalue weighted by atomic mass is 10.1. The van der Waals surface area contributed by atoms with Crippen LogP contribution in [0.4, 0.5) is 17.1 Å². The van der Waals surface area contributed by atoms with E-state index in [1.807, 2.05) is 0 Å². The number of nitro groups is 1. The number of nitrogens with one attached hydrogen (secondary N) is 1. The van der Waals surface area contributed by atoms with Gasteiger partial charge in [-0.15, -0.1) is 0 Å². The van der Waals surface area contributed by atoms with E-state index in [2.05, 4.69) is 5.32 Å². The summed E-state index contributed by atoms with van der Waals surface area (Å²) in [6.45, 7) is 1.68. The molecular weight excluding hydrogens is 326 g/mol. The number of carbonyl (C=O) groups excluding carboxylic acids is 2. The number of imide groups is 1. The third kappa shape index (κ3) is 3.01. The number of carbonyl (C=O) groups is 2. The molecule has 1 aliphatic rings. The summed E-state index contributed by atoms with van der Waals surface area (Å²) < 4.78 is 0. The monoisotopic (exact) mass is 341 g/mol. The Bertz CT molecular complexity index is 880. The van der Waals surface area contributed by atoms with Gasteiger partial charge in [0.15, 0.2) is 0 Å². The highest BCUT2D eigenvalue weighted by Crippen LogP contribution is 2.31. The van der Waals surface area contributed by atoms with Crippen molar-refractivity contribution in [1.82, 2.24) is 0 Å². The number of phenolic OH excluding ortho intramolecular Hbond substituents is 1. The first-order valence-corrected chi connectivity index (χ1v) is 7.55. The lowest BCUT2D eigenvalue weighted by molar-refractivity contribution is -0.384. The van der Waals surface area contributed by atoms with Gasteiger partial charge in [-0.25, -0.2) is 4.90 Å². The van der Waals surface area contributed by atoms with E-state index < -0.39 is 22.8 Å². The van der Waals surface area contributed by atoms with Gasteiger partial charge >= 0.3 is 0 Å². The lowest BCUT2D eigenvalue weighted by Crippen LogP contribution is -2.35. The third-order valence-electron chi connectivity index (χ3n) is 4.00. The molecule has 1 heterocycles. The number of aromatic hydroxyl groups is 1. The molecule has 128 valence electrons. The minimum Gasteiger partial charge on any atom is -0.508 e. The molecule has 0 spiro atoms. The Hall–Kier alpha value is -3.42. The second-order valence-corrected chi connectivity index (χ2v) is 5.71. The number of hydrogen-bond donors (Lipinski definition) is 2. The Kier molecular flexibility index (Phi) is 4.10. The molecule has 1 aliphatic heterocycles. The van der Waals surface area contributed by atoms with Crippen LogP contribution in [0, 0.1) is 17.0 Å². The molecule has 8 nitrogen and oxygen atoms in total. The molecule has 8 heteroatoms. The van der Waals surface area contributed by atoms with Crippen molar-refractivity contribution in [2.45, 2.75) is 19.4 Å². The zero-order valence-corrected chi connectivity index (χ0v) is 13.3. The molecule has 25 heavy (non-hydrogen) atoms. The van der Waals surface area contributed by atoms with E-state index in [9.17, 15) is 24.8 Å². The van der Waals surface area contributed by atoms with Crippen molar-refractivity contribution < 1.29 is 19.6 Å². The maximum Gasteiger partial charge on any atom is 0.292 e. The average Bonchev–Trinajstić information content (AvgIpc) is 2.82. The molecule has 1 unspecified atom stereocenters. The normalized spacial score (nSPS) is 17.0. The number of rotatable bonds is 4. The summed E-state index contributed by atoms with van der Waals surface area (Å²) in [7, 11) is 0. The Balaban J connectivity index is 1.88. The summed E-state index contributed by atoms with van der Waals surface area (Å²) in [5, 5.41) is 23.4. The van der Waals surface area contributed by atoms with Crippen LogP contribution in [0.2, 0.25) is 0 Å². The van der Waals surface area contributed by atoms with Gasteiger partial charge in [0.25, 0.3) is 11.6 Å². The standard InChI is InChI=1S/C17H15N3O5/c1-10-8-11(21)6-7-14(10)19-16(22)9-13(17(19)23)18-12-4-2-3-5-15(12)20(24)25/h2-8,13,18,21H,9H2,1H3. The smallest absolute Gasteiger partial charge is 0.292 e. The molecule has 0 radical (unpaired) electrons. The summed E-state index contributed by atoms with van der Waals surface area (Å²) in [5.74, 6) is -0.859. The molecule has 0 aliphatic carbocycles. The average molecular weight is 341 g/mol. The predicted octanol–water partition coefficient (Wildman–Crippen LogP) is 2.35. The van der Waals surface area contributed by atoms with Crippen LogP contribution in [0.15, 0.2) is 42.5 Å². The highest BCUT2D eigenvalue weighted by atomic mass is 16.6. The van der Waals surface area contributed by atoms with Gasteiger partial charge in [-0.05, 0) is 36.8 Å². The summed E-state index contributed by atoms with van der Waals surface area (Å²) in [5.41, 5.74) is 0.984. The summed E-state index contributed by atoms with van der Waals surface area (Å²) in [6.07, 6.45) is -0.106. The van der Waals surface area contributed by atoms with Gasteiger partial charge < -0.3 is 10.4 Å². The number of amides is 2. The van der Waals surface area contributed by atoms with Crippen LogP contribution in [-0.4, -0.2) is 27.9 Å². The second-order valence-electron chi connectivity index (χ2n) is 5.71. The van der Waals surface area contributed by atoms with E-state index in [0.29, 0.717) is 11.3 Å². The Labute approximate surface area is 142 Å². The number of nitrogens with zero attached hydrogens (tertiary/aromatic N) is 2. The van der Waals surface area contributed by atoms with E-state index >= 15 is 0 Å². The highest BCUT2D eigenvalue weighted by Gasteiger charge is 2.40. The molecular formula is C17H15N3O5. The summed E-state index contributed by atoms with van der Waals surface area (Å²) in [6, 6.07) is 9.41. The van der Waals surface area contributed by atoms with E-state index in [4.69, 9.17) is 0 Å². The van der Waals surface area contributed by atoms with Crippen molar-refractivity contribution in [3.63, 3.8) is 0 Å². The van der Waals surface area contributed by atoms with Gasteiger partial charge in [0.1, 0.15) is 17.5 Å². The van der Waals surface area contributed by atoms with Crippen LogP contribution in [-0.2, 0) is 9.59 Å². The number of nitro benzene ring substituents is 1. The van der Waals surface area contributed by atoms with Crippen molar-refractivity contribution in [1.29, 1.82) is 0 Å². The Morgan fingerprint density at radius 2 is 1.96 bits per heavy atom. The number of phenols is 1. The molecule has 0 saturated carbocycles. The molecule has 0 aromatic heterocycles. The van der Waals surface area contributed by atoms with Crippen LogP contribution < -0.4 is 10.2 Å². The van der Waals surface area contributed by atoms with Gasteiger partial charge in [0.2, 0.25) is 5.91 Å². The van der Waals surface area contributed by atoms with Crippen molar-refractivity contribution in [3.05, 3.63) is 58.1 Å².